The van der Waals surface area contributed by atoms with E-state index < -0.39 is 0 Å². The van der Waals surface area contributed by atoms with Crippen LogP contribution in [-0.4, -0.2) is 13.0 Å². The number of ether oxygens (including phenoxy) is 1. The summed E-state index contributed by atoms with van der Waals surface area (Å²) in [7, 11) is 1.54. The molecule has 0 bridgehead atoms. The fourth-order valence-electron chi connectivity index (χ4n) is 1.87. The van der Waals surface area contributed by atoms with E-state index in [2.05, 4.69) is 5.32 Å². The molecule has 0 aromatic heterocycles. The van der Waals surface area contributed by atoms with Crippen LogP contribution in [0.1, 0.15) is 11.1 Å². The van der Waals surface area contributed by atoms with E-state index >= 15 is 0 Å². The zero-order valence-corrected chi connectivity index (χ0v) is 12.3. The quantitative estimate of drug-likeness (QED) is 0.920. The molecule has 5 heteroatoms. The van der Waals surface area contributed by atoms with Gasteiger partial charge in [-0.1, -0.05) is 29.8 Å². The van der Waals surface area contributed by atoms with E-state index in [1.54, 1.807) is 30.3 Å². The first-order valence-electron chi connectivity index (χ1n) is 6.42. The number of hydrogen-bond acceptors (Lipinski definition) is 2. The second kappa shape index (κ2) is 7.09. The summed E-state index contributed by atoms with van der Waals surface area (Å²) in [5.74, 6) is 0.158. The van der Waals surface area contributed by atoms with Gasteiger partial charge in [0.15, 0.2) is 0 Å². The Labute approximate surface area is 127 Å². The van der Waals surface area contributed by atoms with E-state index in [1.165, 1.54) is 19.2 Å². The number of benzene rings is 2. The van der Waals surface area contributed by atoms with Crippen LogP contribution in [0, 0.1) is 5.82 Å². The Hall–Kier alpha value is -2.07. The minimum atomic E-state index is -0.294. The Morgan fingerprint density at radius 2 is 1.86 bits per heavy atom. The third-order valence-corrected chi connectivity index (χ3v) is 3.28. The van der Waals surface area contributed by atoms with Crippen LogP contribution in [-0.2, 0) is 17.8 Å². The van der Waals surface area contributed by atoms with Crippen molar-refractivity contribution >= 4 is 17.5 Å². The molecule has 3 nitrogen and oxygen atoms in total. The largest absolute Gasteiger partial charge is 0.495 e. The SMILES string of the molecule is COc1ccc(CC(=O)NCc2ccc(F)cc2)cc1Cl. The molecule has 0 saturated carbocycles. The number of hydrogen-bond donors (Lipinski definition) is 1. The van der Waals surface area contributed by atoms with Crippen LogP contribution in [0.4, 0.5) is 4.39 Å². The van der Waals surface area contributed by atoms with E-state index in [4.69, 9.17) is 16.3 Å². The monoisotopic (exact) mass is 307 g/mol. The summed E-state index contributed by atoms with van der Waals surface area (Å²) in [5.41, 5.74) is 1.65. The van der Waals surface area contributed by atoms with Crippen molar-refractivity contribution in [2.24, 2.45) is 0 Å². The van der Waals surface area contributed by atoms with Crippen molar-refractivity contribution in [3.63, 3.8) is 0 Å². The molecule has 2 rings (SSSR count). The number of methoxy groups -OCH3 is 1. The number of carbonyl (C=O) groups excluding carboxylic acids is 1. The van der Waals surface area contributed by atoms with E-state index in [9.17, 15) is 9.18 Å². The van der Waals surface area contributed by atoms with Crippen molar-refractivity contribution < 1.29 is 13.9 Å². The molecule has 2 aromatic rings. The first kappa shape index (κ1) is 15.3. The molecule has 0 radical (unpaired) electrons. The van der Waals surface area contributed by atoms with Gasteiger partial charge in [0.1, 0.15) is 11.6 Å². The Bertz CT molecular complexity index is 629. The molecule has 1 N–H and O–H groups in total. The van der Waals surface area contributed by atoms with Crippen molar-refractivity contribution in [1.29, 1.82) is 0 Å². The zero-order valence-electron chi connectivity index (χ0n) is 11.5. The summed E-state index contributed by atoms with van der Waals surface area (Å²) in [4.78, 5) is 11.9. The smallest absolute Gasteiger partial charge is 0.224 e. The van der Waals surface area contributed by atoms with Gasteiger partial charge in [0, 0.05) is 6.54 Å². The molecule has 0 spiro atoms. The van der Waals surface area contributed by atoms with Gasteiger partial charge in [0.05, 0.1) is 18.6 Å². The van der Waals surface area contributed by atoms with Crippen LogP contribution in [0.3, 0.4) is 0 Å². The highest BCUT2D eigenvalue weighted by Gasteiger charge is 2.06. The highest BCUT2D eigenvalue weighted by atomic mass is 35.5. The van der Waals surface area contributed by atoms with Crippen molar-refractivity contribution in [2.75, 3.05) is 7.11 Å². The molecule has 0 atom stereocenters. The zero-order chi connectivity index (χ0) is 15.2. The standard InChI is InChI=1S/C16H15ClFNO2/c1-21-15-7-4-12(8-14(15)17)9-16(20)19-10-11-2-5-13(18)6-3-11/h2-8H,9-10H2,1H3,(H,19,20). The Morgan fingerprint density at radius 1 is 1.19 bits per heavy atom. The average molecular weight is 308 g/mol. The number of halogens is 2. The van der Waals surface area contributed by atoms with Crippen LogP contribution in [0.5, 0.6) is 5.75 Å². The maximum atomic E-state index is 12.8. The van der Waals surface area contributed by atoms with E-state index in [-0.39, 0.29) is 18.1 Å². The van der Waals surface area contributed by atoms with Crippen LogP contribution >= 0.6 is 11.6 Å². The van der Waals surface area contributed by atoms with Crippen molar-refractivity contribution in [3.8, 4) is 5.75 Å². The van der Waals surface area contributed by atoms with Crippen LogP contribution in [0.15, 0.2) is 42.5 Å². The van der Waals surface area contributed by atoms with Gasteiger partial charge in [-0.2, -0.15) is 0 Å². The first-order chi connectivity index (χ1) is 10.1. The molecule has 2 aromatic carbocycles. The molecule has 0 fully saturated rings. The minimum absolute atomic E-state index is 0.124. The lowest BCUT2D eigenvalue weighted by atomic mass is 10.1. The third-order valence-electron chi connectivity index (χ3n) is 2.98. The van der Waals surface area contributed by atoms with Gasteiger partial charge in [-0.05, 0) is 35.4 Å². The summed E-state index contributed by atoms with van der Waals surface area (Å²) in [6.45, 7) is 0.364. The van der Waals surface area contributed by atoms with Gasteiger partial charge in [0.2, 0.25) is 5.91 Å². The Morgan fingerprint density at radius 3 is 2.48 bits per heavy atom. The van der Waals surface area contributed by atoms with Crippen LogP contribution < -0.4 is 10.1 Å². The average Bonchev–Trinajstić information content (AvgIpc) is 2.47. The molecule has 21 heavy (non-hydrogen) atoms. The molecule has 0 saturated heterocycles. The Kier molecular flexibility index (Phi) is 5.17. The second-order valence-corrected chi connectivity index (χ2v) is 4.96. The van der Waals surface area contributed by atoms with E-state index in [1.807, 2.05) is 0 Å². The molecule has 1 amide bonds. The second-order valence-electron chi connectivity index (χ2n) is 4.55. The van der Waals surface area contributed by atoms with Crippen LogP contribution in [0.25, 0.3) is 0 Å². The summed E-state index contributed by atoms with van der Waals surface area (Å²) in [6, 6.07) is 11.2. The lowest BCUT2D eigenvalue weighted by Crippen LogP contribution is -2.24. The van der Waals surface area contributed by atoms with E-state index in [0.717, 1.165) is 11.1 Å². The van der Waals surface area contributed by atoms with Gasteiger partial charge in [-0.3, -0.25) is 4.79 Å². The summed E-state index contributed by atoms with van der Waals surface area (Å²) < 4.78 is 17.8. The summed E-state index contributed by atoms with van der Waals surface area (Å²) in [5, 5.41) is 3.25. The van der Waals surface area contributed by atoms with Gasteiger partial charge < -0.3 is 10.1 Å². The van der Waals surface area contributed by atoms with Gasteiger partial charge in [0.25, 0.3) is 0 Å². The summed E-state index contributed by atoms with van der Waals surface area (Å²) >= 11 is 6.01. The molecule has 0 aliphatic heterocycles. The highest BCUT2D eigenvalue weighted by molar-refractivity contribution is 6.32. The van der Waals surface area contributed by atoms with Gasteiger partial charge >= 0.3 is 0 Å². The lowest BCUT2D eigenvalue weighted by Gasteiger charge is -2.07. The maximum absolute atomic E-state index is 12.8. The molecule has 0 unspecified atom stereocenters. The molecular formula is C16H15ClFNO2. The summed E-state index contributed by atoms with van der Waals surface area (Å²) in [6.07, 6.45) is 0.227. The van der Waals surface area contributed by atoms with Gasteiger partial charge in [-0.25, -0.2) is 4.39 Å². The maximum Gasteiger partial charge on any atom is 0.224 e. The molecule has 0 heterocycles. The fraction of sp³-hybridized carbons (Fsp3) is 0.188. The number of carbonyl (C=O) groups is 1. The predicted molar refractivity (Wildman–Crippen MR) is 80.0 cm³/mol. The molecule has 0 aliphatic rings. The molecular weight excluding hydrogens is 293 g/mol. The third kappa shape index (κ3) is 4.46. The van der Waals surface area contributed by atoms with Gasteiger partial charge in [-0.15, -0.1) is 0 Å². The number of amides is 1. The first-order valence-corrected chi connectivity index (χ1v) is 6.80. The topological polar surface area (TPSA) is 38.3 Å². The molecule has 0 aliphatic carbocycles. The predicted octanol–water partition coefficient (Wildman–Crippen LogP) is 3.35. The number of rotatable bonds is 5. The fourth-order valence-corrected chi connectivity index (χ4v) is 2.15. The Balaban J connectivity index is 1.89. The van der Waals surface area contributed by atoms with Crippen molar-refractivity contribution in [3.05, 3.63) is 64.4 Å². The lowest BCUT2D eigenvalue weighted by molar-refractivity contribution is -0.120. The van der Waals surface area contributed by atoms with Crippen molar-refractivity contribution in [1.82, 2.24) is 5.32 Å². The van der Waals surface area contributed by atoms with Crippen molar-refractivity contribution in [2.45, 2.75) is 13.0 Å². The normalized spacial score (nSPS) is 10.2. The van der Waals surface area contributed by atoms with Crippen LogP contribution in [0.2, 0.25) is 5.02 Å². The molecule has 110 valence electrons. The number of nitrogens with one attached hydrogen (secondary N) is 1. The van der Waals surface area contributed by atoms with E-state index in [0.29, 0.717) is 17.3 Å². The minimum Gasteiger partial charge on any atom is -0.495 e. The highest BCUT2D eigenvalue weighted by Crippen LogP contribution is 2.25.